The summed E-state index contributed by atoms with van der Waals surface area (Å²) in [7, 11) is 0. The van der Waals surface area contributed by atoms with E-state index in [0.29, 0.717) is 5.25 Å². The topological polar surface area (TPSA) is 25.8 Å². The molecule has 78 valence electrons. The first-order chi connectivity index (χ1) is 7.31. The van der Waals surface area contributed by atoms with E-state index in [1.54, 1.807) is 6.33 Å². The molecule has 0 saturated heterocycles. The fraction of sp³-hybridized carbons (Fsp3) is 0.333. The molecule has 0 N–H and O–H groups in total. The van der Waals surface area contributed by atoms with Crippen molar-refractivity contribution in [2.45, 2.75) is 30.5 Å². The fourth-order valence-corrected chi connectivity index (χ4v) is 2.30. The van der Waals surface area contributed by atoms with E-state index in [9.17, 15) is 0 Å². The zero-order chi connectivity index (χ0) is 10.7. The molecule has 0 aliphatic heterocycles. The molecule has 0 aliphatic rings. The van der Waals surface area contributed by atoms with Gasteiger partial charge in [0.15, 0.2) is 0 Å². The number of thioether (sulfide) groups is 1. The molecule has 1 aromatic heterocycles. The number of para-hydroxylation sites is 1. The van der Waals surface area contributed by atoms with Gasteiger partial charge in [-0.2, -0.15) is 0 Å². The Morgan fingerprint density at radius 1 is 1.27 bits per heavy atom. The summed E-state index contributed by atoms with van der Waals surface area (Å²) in [5.41, 5.74) is 1.03. The normalized spacial score (nSPS) is 12.9. The Labute approximate surface area is 94.1 Å². The first-order valence-electron chi connectivity index (χ1n) is 5.17. The Morgan fingerprint density at radius 3 is 2.87 bits per heavy atom. The summed E-state index contributed by atoms with van der Waals surface area (Å²) < 4.78 is 0. The van der Waals surface area contributed by atoms with Gasteiger partial charge in [-0.05, 0) is 12.5 Å². The van der Waals surface area contributed by atoms with Gasteiger partial charge in [0.25, 0.3) is 0 Å². The fourth-order valence-electron chi connectivity index (χ4n) is 1.35. The first kappa shape index (κ1) is 10.4. The van der Waals surface area contributed by atoms with Gasteiger partial charge in [0.05, 0.1) is 5.52 Å². The number of nitrogens with zero attached hydrogens (tertiary/aromatic N) is 2. The summed E-state index contributed by atoms with van der Waals surface area (Å²) in [5.74, 6) is 0. The second-order valence-electron chi connectivity index (χ2n) is 3.53. The van der Waals surface area contributed by atoms with E-state index in [-0.39, 0.29) is 0 Å². The number of aromatic nitrogens is 2. The Balaban J connectivity index is 2.42. The Bertz CT molecular complexity index is 451. The van der Waals surface area contributed by atoms with Crippen molar-refractivity contribution < 1.29 is 0 Å². The summed E-state index contributed by atoms with van der Waals surface area (Å²) in [6.45, 7) is 4.42. The van der Waals surface area contributed by atoms with E-state index in [4.69, 9.17) is 0 Å². The maximum atomic E-state index is 4.35. The van der Waals surface area contributed by atoms with Crippen molar-refractivity contribution in [1.29, 1.82) is 0 Å². The lowest BCUT2D eigenvalue weighted by Crippen LogP contribution is -1.95. The molecule has 1 aromatic carbocycles. The Kier molecular flexibility index (Phi) is 3.21. The minimum Gasteiger partial charge on any atom is -0.236 e. The van der Waals surface area contributed by atoms with E-state index in [1.165, 1.54) is 0 Å². The average Bonchev–Trinajstić information content (AvgIpc) is 2.29. The molecule has 0 bridgehead atoms. The number of hydrogen-bond donors (Lipinski definition) is 0. The number of benzene rings is 1. The zero-order valence-electron chi connectivity index (χ0n) is 8.97. The summed E-state index contributed by atoms with van der Waals surface area (Å²) in [6.07, 6.45) is 2.80. The summed E-state index contributed by atoms with van der Waals surface area (Å²) in [5, 5.41) is 2.85. The lowest BCUT2D eigenvalue weighted by molar-refractivity contribution is 0.901. The van der Waals surface area contributed by atoms with Gasteiger partial charge in [-0.1, -0.05) is 32.0 Å². The van der Waals surface area contributed by atoms with E-state index in [1.807, 2.05) is 30.0 Å². The minimum atomic E-state index is 0.600. The van der Waals surface area contributed by atoms with Gasteiger partial charge in [0, 0.05) is 10.6 Å². The number of rotatable bonds is 3. The highest BCUT2D eigenvalue weighted by Gasteiger charge is 2.07. The third kappa shape index (κ3) is 2.29. The van der Waals surface area contributed by atoms with Crippen LogP contribution in [0.2, 0.25) is 0 Å². The van der Waals surface area contributed by atoms with Gasteiger partial charge in [-0.15, -0.1) is 11.8 Å². The SMILES string of the molecule is CCC(C)Sc1ncnc2ccccc12. The molecule has 0 spiro atoms. The van der Waals surface area contributed by atoms with E-state index >= 15 is 0 Å². The highest BCUT2D eigenvalue weighted by Crippen LogP contribution is 2.28. The molecule has 1 unspecified atom stereocenters. The van der Waals surface area contributed by atoms with Crippen LogP contribution in [0.5, 0.6) is 0 Å². The Morgan fingerprint density at radius 2 is 2.07 bits per heavy atom. The largest absolute Gasteiger partial charge is 0.236 e. The molecule has 15 heavy (non-hydrogen) atoms. The van der Waals surface area contributed by atoms with Crippen LogP contribution in [0.25, 0.3) is 10.9 Å². The second-order valence-corrected chi connectivity index (χ2v) is 4.96. The smallest absolute Gasteiger partial charge is 0.117 e. The molecule has 0 fully saturated rings. The van der Waals surface area contributed by atoms with Crippen LogP contribution < -0.4 is 0 Å². The van der Waals surface area contributed by atoms with Gasteiger partial charge >= 0.3 is 0 Å². The van der Waals surface area contributed by atoms with Crippen LogP contribution in [0.1, 0.15) is 20.3 Å². The zero-order valence-corrected chi connectivity index (χ0v) is 9.79. The highest BCUT2D eigenvalue weighted by atomic mass is 32.2. The van der Waals surface area contributed by atoms with Gasteiger partial charge in [0.1, 0.15) is 11.4 Å². The maximum Gasteiger partial charge on any atom is 0.117 e. The third-order valence-corrected chi connectivity index (χ3v) is 3.68. The van der Waals surface area contributed by atoms with Crippen LogP contribution in [-0.2, 0) is 0 Å². The van der Waals surface area contributed by atoms with Crippen LogP contribution in [0.15, 0.2) is 35.6 Å². The van der Waals surface area contributed by atoms with Crippen LogP contribution >= 0.6 is 11.8 Å². The van der Waals surface area contributed by atoms with Crippen LogP contribution in [0.3, 0.4) is 0 Å². The minimum absolute atomic E-state index is 0.600. The van der Waals surface area contributed by atoms with Gasteiger partial charge in [-0.25, -0.2) is 9.97 Å². The van der Waals surface area contributed by atoms with E-state index in [2.05, 4.69) is 29.9 Å². The number of hydrogen-bond acceptors (Lipinski definition) is 3. The maximum absolute atomic E-state index is 4.35. The van der Waals surface area contributed by atoms with E-state index in [0.717, 1.165) is 22.3 Å². The molecule has 0 radical (unpaired) electrons. The third-order valence-electron chi connectivity index (χ3n) is 2.39. The van der Waals surface area contributed by atoms with Crippen molar-refractivity contribution in [3.8, 4) is 0 Å². The van der Waals surface area contributed by atoms with Crippen molar-refractivity contribution in [1.82, 2.24) is 9.97 Å². The van der Waals surface area contributed by atoms with Crippen molar-refractivity contribution >= 4 is 22.7 Å². The van der Waals surface area contributed by atoms with Crippen molar-refractivity contribution in [3.63, 3.8) is 0 Å². The van der Waals surface area contributed by atoms with Crippen LogP contribution in [-0.4, -0.2) is 15.2 Å². The van der Waals surface area contributed by atoms with Gasteiger partial charge in [-0.3, -0.25) is 0 Å². The van der Waals surface area contributed by atoms with Crippen molar-refractivity contribution in [3.05, 3.63) is 30.6 Å². The molecular formula is C12H14N2S. The molecule has 0 aliphatic carbocycles. The number of fused-ring (bicyclic) bond motifs is 1. The molecule has 2 rings (SSSR count). The first-order valence-corrected chi connectivity index (χ1v) is 6.05. The molecule has 2 aromatic rings. The average molecular weight is 218 g/mol. The molecule has 1 heterocycles. The monoisotopic (exact) mass is 218 g/mol. The molecule has 1 atom stereocenters. The molecular weight excluding hydrogens is 204 g/mol. The lowest BCUT2D eigenvalue weighted by Gasteiger charge is -2.08. The quantitative estimate of drug-likeness (QED) is 0.582. The predicted octanol–water partition coefficient (Wildman–Crippen LogP) is 3.52. The lowest BCUT2D eigenvalue weighted by atomic mass is 10.2. The molecule has 0 amide bonds. The molecule has 2 nitrogen and oxygen atoms in total. The highest BCUT2D eigenvalue weighted by molar-refractivity contribution is 8.00. The van der Waals surface area contributed by atoms with E-state index < -0.39 is 0 Å². The summed E-state index contributed by atoms with van der Waals surface area (Å²) in [4.78, 5) is 8.60. The molecule has 0 saturated carbocycles. The van der Waals surface area contributed by atoms with Crippen molar-refractivity contribution in [2.75, 3.05) is 0 Å². The standard InChI is InChI=1S/C12H14N2S/c1-3-9(2)15-12-10-6-4-5-7-11(10)13-8-14-12/h4-9H,3H2,1-2H3. The second kappa shape index (κ2) is 4.62. The Hall–Kier alpha value is -1.09. The summed E-state index contributed by atoms with van der Waals surface area (Å²) in [6, 6.07) is 8.15. The predicted molar refractivity (Wildman–Crippen MR) is 65.1 cm³/mol. The van der Waals surface area contributed by atoms with Gasteiger partial charge < -0.3 is 0 Å². The van der Waals surface area contributed by atoms with Crippen LogP contribution in [0, 0.1) is 0 Å². The van der Waals surface area contributed by atoms with Gasteiger partial charge in [0.2, 0.25) is 0 Å². The van der Waals surface area contributed by atoms with Crippen LogP contribution in [0.4, 0.5) is 0 Å². The summed E-state index contributed by atoms with van der Waals surface area (Å²) >= 11 is 1.82. The molecule has 3 heteroatoms. The van der Waals surface area contributed by atoms with Crippen molar-refractivity contribution in [2.24, 2.45) is 0 Å².